The van der Waals surface area contributed by atoms with Crippen molar-refractivity contribution in [3.8, 4) is 0 Å². The first kappa shape index (κ1) is 13.8. The number of aromatic nitrogens is 1. The van der Waals surface area contributed by atoms with Gasteiger partial charge in [-0.3, -0.25) is 10.6 Å². The molecule has 1 atom stereocenters. The van der Waals surface area contributed by atoms with Crippen LogP contribution in [0.1, 0.15) is 23.3 Å². The van der Waals surface area contributed by atoms with Gasteiger partial charge in [-0.15, -0.1) is 0 Å². The summed E-state index contributed by atoms with van der Waals surface area (Å²) in [6.07, 6.45) is 3.73. The smallest absolute Gasteiger partial charge is 0.272 e. The van der Waals surface area contributed by atoms with Crippen molar-refractivity contribution in [3.63, 3.8) is 0 Å². The Balaban J connectivity index is 1.93. The Bertz CT molecular complexity index is 415. The Labute approximate surface area is 112 Å². The molecule has 1 saturated heterocycles. The molecule has 0 bridgehead atoms. The summed E-state index contributed by atoms with van der Waals surface area (Å²) in [6, 6.07) is 3.41. The molecule has 6 heteroatoms. The molecule has 3 N–H and O–H groups in total. The third-order valence-electron chi connectivity index (χ3n) is 3.28. The zero-order chi connectivity index (χ0) is 13.7. The first-order valence-corrected chi connectivity index (χ1v) is 6.46. The number of ether oxygens (including phenoxy) is 1. The van der Waals surface area contributed by atoms with E-state index < -0.39 is 0 Å². The summed E-state index contributed by atoms with van der Waals surface area (Å²) in [5.41, 5.74) is 3.59. The van der Waals surface area contributed by atoms with E-state index in [2.05, 4.69) is 10.4 Å². The molecule has 1 aromatic rings. The third kappa shape index (κ3) is 3.65. The lowest BCUT2D eigenvalue weighted by Crippen LogP contribution is -2.35. The Hall–Kier alpha value is -1.66. The maximum absolute atomic E-state index is 12.2. The van der Waals surface area contributed by atoms with Crippen molar-refractivity contribution in [2.75, 3.05) is 32.2 Å². The van der Waals surface area contributed by atoms with E-state index >= 15 is 0 Å². The fourth-order valence-electron chi connectivity index (χ4n) is 2.22. The summed E-state index contributed by atoms with van der Waals surface area (Å²) in [5, 5.41) is 0. The standard InChI is InChI=1S/C13H20N4O2/c1-17(8-10-3-2-6-19-9-10)13(18)12-5-4-11(16-14)7-15-12/h4-5,7,10,16H,2-3,6,8-9,14H2,1H3. The molecule has 1 unspecified atom stereocenters. The van der Waals surface area contributed by atoms with Gasteiger partial charge in [0.05, 0.1) is 18.5 Å². The number of hydrazine groups is 1. The molecule has 1 aliphatic heterocycles. The fraction of sp³-hybridized carbons (Fsp3) is 0.538. The lowest BCUT2D eigenvalue weighted by atomic mass is 10.0. The maximum Gasteiger partial charge on any atom is 0.272 e. The molecule has 0 radical (unpaired) electrons. The Kier molecular flexibility index (Phi) is 4.70. The van der Waals surface area contributed by atoms with Crippen molar-refractivity contribution in [1.29, 1.82) is 0 Å². The summed E-state index contributed by atoms with van der Waals surface area (Å²) in [5.74, 6) is 5.61. The van der Waals surface area contributed by atoms with Crippen molar-refractivity contribution in [2.24, 2.45) is 11.8 Å². The highest BCUT2D eigenvalue weighted by molar-refractivity contribution is 5.92. The molecule has 2 rings (SSSR count). The quantitative estimate of drug-likeness (QED) is 0.623. The minimum atomic E-state index is -0.0749. The predicted octanol–water partition coefficient (Wildman–Crippen LogP) is 0.866. The van der Waals surface area contributed by atoms with Gasteiger partial charge in [0.1, 0.15) is 5.69 Å². The van der Waals surface area contributed by atoms with Crippen LogP contribution in [0.4, 0.5) is 5.69 Å². The molecule has 0 saturated carbocycles. The molecule has 1 amide bonds. The summed E-state index contributed by atoms with van der Waals surface area (Å²) in [7, 11) is 1.80. The van der Waals surface area contributed by atoms with E-state index in [0.29, 0.717) is 23.8 Å². The van der Waals surface area contributed by atoms with Crippen LogP contribution in [0, 0.1) is 5.92 Å². The molecule has 104 valence electrons. The van der Waals surface area contributed by atoms with E-state index in [1.165, 1.54) is 0 Å². The van der Waals surface area contributed by atoms with E-state index in [0.717, 1.165) is 26.1 Å². The van der Waals surface area contributed by atoms with E-state index in [-0.39, 0.29) is 5.91 Å². The van der Waals surface area contributed by atoms with Crippen molar-refractivity contribution in [2.45, 2.75) is 12.8 Å². The van der Waals surface area contributed by atoms with Crippen LogP contribution in [0.25, 0.3) is 0 Å². The topological polar surface area (TPSA) is 80.5 Å². The number of nitrogen functional groups attached to an aromatic ring is 1. The number of pyridine rings is 1. The molecule has 0 spiro atoms. The number of nitrogens with one attached hydrogen (secondary N) is 1. The van der Waals surface area contributed by atoms with Crippen LogP contribution < -0.4 is 11.3 Å². The molecule has 19 heavy (non-hydrogen) atoms. The molecule has 1 fully saturated rings. The van der Waals surface area contributed by atoms with Gasteiger partial charge in [0.25, 0.3) is 5.91 Å². The monoisotopic (exact) mass is 264 g/mol. The number of carbonyl (C=O) groups excluding carboxylic acids is 1. The molecule has 1 aliphatic rings. The summed E-state index contributed by atoms with van der Waals surface area (Å²) < 4.78 is 5.42. The van der Waals surface area contributed by atoms with E-state index in [1.54, 1.807) is 30.3 Å². The molecule has 1 aromatic heterocycles. The van der Waals surface area contributed by atoms with E-state index in [1.807, 2.05) is 0 Å². The van der Waals surface area contributed by atoms with Gasteiger partial charge in [0, 0.05) is 20.2 Å². The first-order chi connectivity index (χ1) is 9.20. The lowest BCUT2D eigenvalue weighted by Gasteiger charge is -2.27. The van der Waals surface area contributed by atoms with Gasteiger partial charge in [-0.2, -0.15) is 0 Å². The largest absolute Gasteiger partial charge is 0.381 e. The Morgan fingerprint density at radius 2 is 2.47 bits per heavy atom. The molecule has 0 aromatic carbocycles. The zero-order valence-electron chi connectivity index (χ0n) is 11.1. The lowest BCUT2D eigenvalue weighted by molar-refractivity contribution is 0.0387. The number of anilines is 1. The first-order valence-electron chi connectivity index (χ1n) is 6.46. The van der Waals surface area contributed by atoms with Crippen molar-refractivity contribution in [3.05, 3.63) is 24.0 Å². The number of rotatable bonds is 4. The fourth-order valence-corrected chi connectivity index (χ4v) is 2.22. The predicted molar refractivity (Wildman–Crippen MR) is 72.6 cm³/mol. The molecule has 2 heterocycles. The summed E-state index contributed by atoms with van der Waals surface area (Å²) in [4.78, 5) is 18.0. The number of hydrogen-bond acceptors (Lipinski definition) is 5. The highest BCUT2D eigenvalue weighted by Gasteiger charge is 2.20. The van der Waals surface area contributed by atoms with Crippen LogP contribution in [0.2, 0.25) is 0 Å². The number of hydrogen-bond donors (Lipinski definition) is 2. The minimum absolute atomic E-state index is 0.0749. The van der Waals surface area contributed by atoms with Crippen LogP contribution in [0.5, 0.6) is 0 Å². The second kappa shape index (κ2) is 6.49. The van der Waals surface area contributed by atoms with Gasteiger partial charge in [0.15, 0.2) is 0 Å². The number of nitrogens with zero attached hydrogens (tertiary/aromatic N) is 2. The van der Waals surface area contributed by atoms with Crippen LogP contribution >= 0.6 is 0 Å². The Morgan fingerprint density at radius 1 is 1.63 bits per heavy atom. The van der Waals surface area contributed by atoms with Gasteiger partial charge in [-0.25, -0.2) is 4.98 Å². The normalized spacial score (nSPS) is 18.9. The average molecular weight is 264 g/mol. The van der Waals surface area contributed by atoms with Crippen molar-refractivity contribution in [1.82, 2.24) is 9.88 Å². The highest BCUT2D eigenvalue weighted by Crippen LogP contribution is 2.15. The summed E-state index contributed by atoms with van der Waals surface area (Å²) in [6.45, 7) is 2.28. The minimum Gasteiger partial charge on any atom is -0.381 e. The van der Waals surface area contributed by atoms with E-state index in [9.17, 15) is 4.79 Å². The highest BCUT2D eigenvalue weighted by atomic mass is 16.5. The number of carbonyl (C=O) groups is 1. The van der Waals surface area contributed by atoms with Gasteiger partial charge >= 0.3 is 0 Å². The SMILES string of the molecule is CN(CC1CCCOC1)C(=O)c1ccc(NN)cn1. The van der Waals surface area contributed by atoms with Gasteiger partial charge in [-0.1, -0.05) is 0 Å². The van der Waals surface area contributed by atoms with Crippen LogP contribution in [0.15, 0.2) is 18.3 Å². The molecular formula is C13H20N4O2. The zero-order valence-corrected chi connectivity index (χ0v) is 11.1. The van der Waals surface area contributed by atoms with Gasteiger partial charge in [-0.05, 0) is 30.9 Å². The van der Waals surface area contributed by atoms with Gasteiger partial charge in [0.2, 0.25) is 0 Å². The van der Waals surface area contributed by atoms with Gasteiger partial charge < -0.3 is 15.1 Å². The van der Waals surface area contributed by atoms with Crippen molar-refractivity contribution >= 4 is 11.6 Å². The van der Waals surface area contributed by atoms with Crippen LogP contribution in [-0.4, -0.2) is 42.6 Å². The third-order valence-corrected chi connectivity index (χ3v) is 3.28. The second-order valence-corrected chi connectivity index (χ2v) is 4.85. The number of nitrogens with two attached hydrogens (primary N) is 1. The summed E-state index contributed by atoms with van der Waals surface area (Å²) >= 11 is 0. The maximum atomic E-state index is 12.2. The number of amides is 1. The average Bonchev–Trinajstić information content (AvgIpc) is 2.47. The van der Waals surface area contributed by atoms with Crippen molar-refractivity contribution < 1.29 is 9.53 Å². The molecule has 0 aliphatic carbocycles. The van der Waals surface area contributed by atoms with E-state index in [4.69, 9.17) is 10.6 Å². The second-order valence-electron chi connectivity index (χ2n) is 4.85. The van der Waals surface area contributed by atoms with Crippen LogP contribution in [-0.2, 0) is 4.74 Å². The molecular weight excluding hydrogens is 244 g/mol. The molecule has 6 nitrogen and oxygen atoms in total. The van der Waals surface area contributed by atoms with Crippen LogP contribution in [0.3, 0.4) is 0 Å². The Morgan fingerprint density at radius 3 is 3.05 bits per heavy atom.